The average Bonchev–Trinajstić information content (AvgIpc) is 2.83. The van der Waals surface area contributed by atoms with Crippen molar-refractivity contribution in [3.63, 3.8) is 0 Å². The van der Waals surface area contributed by atoms with Crippen molar-refractivity contribution in [2.45, 2.75) is 12.6 Å². The van der Waals surface area contributed by atoms with Crippen LogP contribution in [0, 0.1) is 0 Å². The summed E-state index contributed by atoms with van der Waals surface area (Å²) in [5.74, 6) is 0.777. The van der Waals surface area contributed by atoms with Crippen LogP contribution in [0.15, 0.2) is 41.0 Å². The highest BCUT2D eigenvalue weighted by molar-refractivity contribution is 5.58. The Morgan fingerprint density at radius 2 is 2.00 bits per heavy atom. The Balaban J connectivity index is 2.01. The normalized spacial score (nSPS) is 11.5. The fourth-order valence-electron chi connectivity index (χ4n) is 1.70. The van der Waals surface area contributed by atoms with Crippen LogP contribution in [0.4, 0.5) is 24.5 Å². The molecule has 3 nitrogen and oxygen atoms in total. The smallest absolute Gasteiger partial charge is 0.418 e. The lowest BCUT2D eigenvalue weighted by molar-refractivity contribution is -0.136. The van der Waals surface area contributed by atoms with Crippen LogP contribution in [0.3, 0.4) is 0 Å². The van der Waals surface area contributed by atoms with Gasteiger partial charge in [0.1, 0.15) is 5.76 Å². The summed E-state index contributed by atoms with van der Waals surface area (Å²) >= 11 is 0. The predicted octanol–water partition coefficient (Wildman–Crippen LogP) is 3.54. The van der Waals surface area contributed by atoms with Crippen LogP contribution in [0.5, 0.6) is 0 Å². The lowest BCUT2D eigenvalue weighted by Crippen LogP contribution is -2.11. The number of halogens is 3. The molecule has 0 amide bonds. The summed E-state index contributed by atoms with van der Waals surface area (Å²) in [7, 11) is 0. The summed E-state index contributed by atoms with van der Waals surface area (Å²) in [4.78, 5) is 0. The maximum atomic E-state index is 12.7. The SMILES string of the molecule is Nc1ccc(NCCc2ccco2)cc1C(F)(F)F. The van der Waals surface area contributed by atoms with Gasteiger partial charge in [-0.15, -0.1) is 0 Å². The minimum atomic E-state index is -4.44. The second-order valence-electron chi connectivity index (χ2n) is 4.06. The summed E-state index contributed by atoms with van der Waals surface area (Å²) in [6, 6.07) is 7.36. The van der Waals surface area contributed by atoms with Gasteiger partial charge in [0.25, 0.3) is 0 Å². The number of anilines is 2. The van der Waals surface area contributed by atoms with Crippen LogP contribution in [0.1, 0.15) is 11.3 Å². The average molecular weight is 270 g/mol. The molecular weight excluding hydrogens is 257 g/mol. The standard InChI is InChI=1S/C13H13F3N2O/c14-13(15,16)11-8-9(3-4-12(11)17)18-6-5-10-2-1-7-19-10/h1-4,7-8,18H,5-6,17H2. The Bertz CT molecular complexity index is 535. The van der Waals surface area contributed by atoms with Crippen LogP contribution in [0.25, 0.3) is 0 Å². The molecule has 0 atom stereocenters. The Morgan fingerprint density at radius 1 is 1.21 bits per heavy atom. The van der Waals surface area contributed by atoms with Gasteiger partial charge in [0.2, 0.25) is 0 Å². The highest BCUT2D eigenvalue weighted by Crippen LogP contribution is 2.35. The molecular formula is C13H13F3N2O. The van der Waals surface area contributed by atoms with Crippen molar-refractivity contribution in [3.8, 4) is 0 Å². The molecule has 1 aromatic carbocycles. The third kappa shape index (κ3) is 3.43. The highest BCUT2D eigenvalue weighted by atomic mass is 19.4. The third-order valence-electron chi connectivity index (χ3n) is 2.64. The van der Waals surface area contributed by atoms with Gasteiger partial charge >= 0.3 is 6.18 Å². The Labute approximate surface area is 108 Å². The van der Waals surface area contributed by atoms with E-state index in [-0.39, 0.29) is 5.69 Å². The van der Waals surface area contributed by atoms with E-state index >= 15 is 0 Å². The van der Waals surface area contributed by atoms with E-state index in [9.17, 15) is 13.2 Å². The molecule has 0 aliphatic carbocycles. The predicted molar refractivity (Wildman–Crippen MR) is 66.8 cm³/mol. The minimum Gasteiger partial charge on any atom is -0.469 e. The summed E-state index contributed by atoms with van der Waals surface area (Å²) in [5, 5.41) is 2.91. The van der Waals surface area contributed by atoms with Gasteiger partial charge in [-0.1, -0.05) is 0 Å². The molecule has 6 heteroatoms. The number of nitrogens with one attached hydrogen (secondary N) is 1. The van der Waals surface area contributed by atoms with Crippen molar-refractivity contribution in [2.75, 3.05) is 17.6 Å². The lowest BCUT2D eigenvalue weighted by Gasteiger charge is -2.12. The van der Waals surface area contributed by atoms with Crippen LogP contribution >= 0.6 is 0 Å². The van der Waals surface area contributed by atoms with Crippen molar-refractivity contribution in [1.82, 2.24) is 0 Å². The Kier molecular flexibility index (Phi) is 3.69. The largest absolute Gasteiger partial charge is 0.469 e. The molecule has 0 saturated heterocycles. The summed E-state index contributed by atoms with van der Waals surface area (Å²) < 4.78 is 43.1. The van der Waals surface area contributed by atoms with Crippen molar-refractivity contribution in [3.05, 3.63) is 47.9 Å². The number of alkyl halides is 3. The number of hydrogen-bond donors (Lipinski definition) is 2. The van der Waals surface area contributed by atoms with Gasteiger partial charge in [0.05, 0.1) is 11.8 Å². The van der Waals surface area contributed by atoms with E-state index in [4.69, 9.17) is 10.2 Å². The van der Waals surface area contributed by atoms with E-state index in [1.807, 2.05) is 6.07 Å². The van der Waals surface area contributed by atoms with Crippen LogP contribution in [-0.2, 0) is 12.6 Å². The molecule has 3 N–H and O–H groups in total. The number of furan rings is 1. The molecule has 0 radical (unpaired) electrons. The molecule has 1 aromatic heterocycles. The van der Waals surface area contributed by atoms with Crippen LogP contribution in [-0.4, -0.2) is 6.54 Å². The fourth-order valence-corrected chi connectivity index (χ4v) is 1.70. The Hall–Kier alpha value is -2.11. The molecule has 0 spiro atoms. The first-order chi connectivity index (χ1) is 8.97. The molecule has 0 saturated carbocycles. The lowest BCUT2D eigenvalue weighted by atomic mass is 10.1. The van der Waals surface area contributed by atoms with Crippen LogP contribution < -0.4 is 11.1 Å². The number of hydrogen-bond acceptors (Lipinski definition) is 3. The van der Waals surface area contributed by atoms with Gasteiger partial charge < -0.3 is 15.5 Å². The first-order valence-electron chi connectivity index (χ1n) is 5.70. The summed E-state index contributed by atoms with van der Waals surface area (Å²) in [6.07, 6.45) is -2.29. The van der Waals surface area contributed by atoms with E-state index < -0.39 is 11.7 Å². The van der Waals surface area contributed by atoms with E-state index in [1.165, 1.54) is 12.1 Å². The molecule has 102 valence electrons. The Morgan fingerprint density at radius 3 is 2.63 bits per heavy atom. The molecule has 0 aliphatic rings. The molecule has 0 aliphatic heterocycles. The molecule has 0 unspecified atom stereocenters. The van der Waals surface area contributed by atoms with E-state index in [0.29, 0.717) is 18.7 Å². The zero-order chi connectivity index (χ0) is 13.9. The van der Waals surface area contributed by atoms with Crippen molar-refractivity contribution in [2.24, 2.45) is 0 Å². The molecule has 19 heavy (non-hydrogen) atoms. The first-order valence-corrected chi connectivity index (χ1v) is 5.70. The van der Waals surface area contributed by atoms with Gasteiger partial charge in [-0.2, -0.15) is 13.2 Å². The molecule has 0 fully saturated rings. The second-order valence-corrected chi connectivity index (χ2v) is 4.06. The van der Waals surface area contributed by atoms with E-state index in [0.717, 1.165) is 11.8 Å². The molecule has 2 aromatic rings. The number of rotatable bonds is 4. The summed E-state index contributed by atoms with van der Waals surface area (Å²) in [5.41, 5.74) is 4.60. The number of nitrogen functional groups attached to an aromatic ring is 1. The number of nitrogens with two attached hydrogens (primary N) is 1. The van der Waals surface area contributed by atoms with Gasteiger partial charge in [0.15, 0.2) is 0 Å². The van der Waals surface area contributed by atoms with Crippen molar-refractivity contribution >= 4 is 11.4 Å². The van der Waals surface area contributed by atoms with Crippen molar-refractivity contribution in [1.29, 1.82) is 0 Å². The number of benzene rings is 1. The van der Waals surface area contributed by atoms with E-state index in [2.05, 4.69) is 5.32 Å². The van der Waals surface area contributed by atoms with E-state index in [1.54, 1.807) is 12.3 Å². The van der Waals surface area contributed by atoms with Crippen molar-refractivity contribution < 1.29 is 17.6 Å². The zero-order valence-corrected chi connectivity index (χ0v) is 10.00. The van der Waals surface area contributed by atoms with Gasteiger partial charge in [-0.25, -0.2) is 0 Å². The monoisotopic (exact) mass is 270 g/mol. The quantitative estimate of drug-likeness (QED) is 0.835. The fraction of sp³-hybridized carbons (Fsp3) is 0.231. The maximum absolute atomic E-state index is 12.7. The topological polar surface area (TPSA) is 51.2 Å². The molecule has 2 rings (SSSR count). The van der Waals surface area contributed by atoms with Gasteiger partial charge in [0, 0.05) is 24.3 Å². The molecule has 1 heterocycles. The highest BCUT2D eigenvalue weighted by Gasteiger charge is 2.33. The molecule has 0 bridgehead atoms. The zero-order valence-electron chi connectivity index (χ0n) is 10.00. The van der Waals surface area contributed by atoms with Gasteiger partial charge in [-0.3, -0.25) is 0 Å². The second kappa shape index (κ2) is 5.26. The van der Waals surface area contributed by atoms with Gasteiger partial charge in [-0.05, 0) is 30.3 Å². The first kappa shape index (κ1) is 13.3. The maximum Gasteiger partial charge on any atom is 0.418 e. The minimum absolute atomic E-state index is 0.274. The van der Waals surface area contributed by atoms with Crippen LogP contribution in [0.2, 0.25) is 0 Å². The summed E-state index contributed by atoms with van der Waals surface area (Å²) in [6.45, 7) is 0.481. The third-order valence-corrected chi connectivity index (χ3v) is 2.64.